The van der Waals surface area contributed by atoms with E-state index in [1.165, 1.54) is 0 Å². The second-order valence-electron chi connectivity index (χ2n) is 5.87. The molecule has 2 saturated carbocycles. The van der Waals surface area contributed by atoms with Gasteiger partial charge < -0.3 is 20.4 Å². The van der Waals surface area contributed by atoms with Crippen LogP contribution >= 0.6 is 0 Å². The van der Waals surface area contributed by atoms with Crippen LogP contribution in [0.1, 0.15) is 32.1 Å². The number of aliphatic carboxylic acids is 1. The van der Waals surface area contributed by atoms with Crippen LogP contribution in [-0.2, 0) is 4.79 Å². The van der Waals surface area contributed by atoms with Gasteiger partial charge in [-0.2, -0.15) is 0 Å². The summed E-state index contributed by atoms with van der Waals surface area (Å²) in [6, 6.07) is -0.166. The number of amides is 2. The summed E-state index contributed by atoms with van der Waals surface area (Å²) >= 11 is 0. The first-order chi connectivity index (χ1) is 8.95. The Labute approximate surface area is 112 Å². The molecule has 0 aromatic carbocycles. The quantitative estimate of drug-likeness (QED) is 0.699. The highest BCUT2D eigenvalue weighted by Crippen LogP contribution is 2.28. The van der Waals surface area contributed by atoms with Crippen LogP contribution in [0.3, 0.4) is 0 Å². The van der Waals surface area contributed by atoms with Crippen molar-refractivity contribution in [3.63, 3.8) is 0 Å². The Balaban J connectivity index is 1.70. The fourth-order valence-electron chi connectivity index (χ4n) is 2.94. The third-order valence-corrected chi connectivity index (χ3v) is 4.20. The summed E-state index contributed by atoms with van der Waals surface area (Å²) in [6.45, 7) is 0.651. The molecule has 6 nitrogen and oxygen atoms in total. The summed E-state index contributed by atoms with van der Waals surface area (Å²) < 4.78 is 0. The molecule has 6 heteroatoms. The molecule has 0 saturated heterocycles. The van der Waals surface area contributed by atoms with Gasteiger partial charge in [0.1, 0.15) is 0 Å². The van der Waals surface area contributed by atoms with E-state index in [4.69, 9.17) is 5.11 Å². The van der Waals surface area contributed by atoms with Gasteiger partial charge in [-0.15, -0.1) is 0 Å². The van der Waals surface area contributed by atoms with Crippen molar-refractivity contribution in [2.75, 3.05) is 13.6 Å². The Morgan fingerprint density at radius 2 is 1.95 bits per heavy atom. The largest absolute Gasteiger partial charge is 0.481 e. The van der Waals surface area contributed by atoms with Crippen molar-refractivity contribution in [1.29, 1.82) is 0 Å². The van der Waals surface area contributed by atoms with E-state index in [9.17, 15) is 14.7 Å². The number of aliphatic hydroxyl groups is 1. The summed E-state index contributed by atoms with van der Waals surface area (Å²) in [7, 11) is 1.74. The zero-order valence-electron chi connectivity index (χ0n) is 11.2. The molecule has 0 heterocycles. The van der Waals surface area contributed by atoms with Crippen molar-refractivity contribution in [2.24, 2.45) is 11.8 Å². The molecule has 0 bridgehead atoms. The van der Waals surface area contributed by atoms with Crippen molar-refractivity contribution < 1.29 is 19.8 Å². The Hall–Kier alpha value is -1.30. The molecule has 2 atom stereocenters. The van der Waals surface area contributed by atoms with Gasteiger partial charge in [0.15, 0.2) is 0 Å². The van der Waals surface area contributed by atoms with Crippen molar-refractivity contribution >= 4 is 12.0 Å². The molecule has 2 aliphatic carbocycles. The number of nitrogens with one attached hydrogen (secondary N) is 1. The predicted octanol–water partition coefficient (Wildman–Crippen LogP) is 0.652. The lowest BCUT2D eigenvalue weighted by Gasteiger charge is -2.34. The zero-order chi connectivity index (χ0) is 14.0. The smallest absolute Gasteiger partial charge is 0.317 e. The molecule has 2 rings (SSSR count). The van der Waals surface area contributed by atoms with E-state index in [1.54, 1.807) is 11.9 Å². The summed E-state index contributed by atoms with van der Waals surface area (Å²) in [6.07, 6.45) is 3.23. The number of carbonyl (C=O) groups excluding carboxylic acids is 1. The maximum absolute atomic E-state index is 11.9. The molecule has 0 spiro atoms. The highest BCUT2D eigenvalue weighted by Gasteiger charge is 2.32. The number of hydrogen-bond acceptors (Lipinski definition) is 3. The monoisotopic (exact) mass is 270 g/mol. The Bertz CT molecular complexity index is 355. The van der Waals surface area contributed by atoms with Gasteiger partial charge >= 0.3 is 12.0 Å². The Kier molecular flexibility index (Phi) is 4.29. The number of hydrogen-bond donors (Lipinski definition) is 3. The molecule has 2 amide bonds. The van der Waals surface area contributed by atoms with E-state index in [0.717, 1.165) is 19.3 Å². The number of carboxylic acids is 1. The summed E-state index contributed by atoms with van der Waals surface area (Å²) in [5.74, 6) is -0.702. The molecule has 2 unspecified atom stereocenters. The fraction of sp³-hybridized carbons (Fsp3) is 0.846. The Morgan fingerprint density at radius 1 is 1.26 bits per heavy atom. The maximum atomic E-state index is 11.9. The van der Waals surface area contributed by atoms with Crippen LogP contribution in [-0.4, -0.2) is 52.9 Å². The van der Waals surface area contributed by atoms with E-state index in [-0.39, 0.29) is 24.1 Å². The molecule has 0 aromatic rings. The molecule has 0 radical (unpaired) electrons. The Morgan fingerprint density at radius 3 is 2.47 bits per heavy atom. The highest BCUT2D eigenvalue weighted by atomic mass is 16.4. The van der Waals surface area contributed by atoms with Crippen molar-refractivity contribution in [3.05, 3.63) is 0 Å². The first-order valence-electron chi connectivity index (χ1n) is 6.88. The first-order valence-corrected chi connectivity index (χ1v) is 6.88. The minimum absolute atomic E-state index is 0.0250. The van der Waals surface area contributed by atoms with Crippen molar-refractivity contribution in [3.8, 4) is 0 Å². The second kappa shape index (κ2) is 5.77. The molecule has 3 N–H and O–H groups in total. The molecular formula is C13H22N2O4. The highest BCUT2D eigenvalue weighted by molar-refractivity contribution is 5.75. The van der Waals surface area contributed by atoms with Gasteiger partial charge in [-0.05, 0) is 38.0 Å². The van der Waals surface area contributed by atoms with E-state index in [1.807, 2.05) is 0 Å². The molecule has 2 aliphatic rings. The lowest BCUT2D eigenvalue weighted by Crippen LogP contribution is -2.46. The predicted molar refractivity (Wildman–Crippen MR) is 68.7 cm³/mol. The van der Waals surface area contributed by atoms with E-state index in [0.29, 0.717) is 25.3 Å². The van der Waals surface area contributed by atoms with Crippen molar-refractivity contribution in [2.45, 2.75) is 44.2 Å². The third kappa shape index (κ3) is 3.59. The molecule has 2 fully saturated rings. The first kappa shape index (κ1) is 14.1. The zero-order valence-corrected chi connectivity index (χ0v) is 11.2. The lowest BCUT2D eigenvalue weighted by molar-refractivity contribution is -0.141. The van der Waals surface area contributed by atoms with E-state index in [2.05, 4.69) is 5.32 Å². The van der Waals surface area contributed by atoms with Gasteiger partial charge in [-0.3, -0.25) is 4.79 Å². The van der Waals surface area contributed by atoms with Crippen LogP contribution in [0.15, 0.2) is 0 Å². The van der Waals surface area contributed by atoms with E-state index >= 15 is 0 Å². The number of rotatable bonds is 4. The van der Waals surface area contributed by atoms with Gasteiger partial charge in [0, 0.05) is 19.6 Å². The number of carboxylic acid groups (broad SMARTS) is 1. The van der Waals surface area contributed by atoms with Gasteiger partial charge in [0.25, 0.3) is 0 Å². The fourth-order valence-corrected chi connectivity index (χ4v) is 2.94. The topological polar surface area (TPSA) is 89.9 Å². The molecule has 19 heavy (non-hydrogen) atoms. The normalized spacial score (nSPS) is 33.6. The summed E-state index contributed by atoms with van der Waals surface area (Å²) in [5, 5.41) is 21.0. The minimum Gasteiger partial charge on any atom is -0.481 e. The number of nitrogens with zero attached hydrogens (tertiary/aromatic N) is 1. The van der Waals surface area contributed by atoms with Crippen molar-refractivity contribution in [1.82, 2.24) is 10.2 Å². The van der Waals surface area contributed by atoms with Gasteiger partial charge in [-0.1, -0.05) is 0 Å². The molecule has 0 aliphatic heterocycles. The average molecular weight is 270 g/mol. The van der Waals surface area contributed by atoms with Gasteiger partial charge in [0.2, 0.25) is 0 Å². The van der Waals surface area contributed by atoms with Crippen LogP contribution < -0.4 is 5.32 Å². The summed E-state index contributed by atoms with van der Waals surface area (Å²) in [5.41, 5.74) is 0. The van der Waals surface area contributed by atoms with E-state index < -0.39 is 5.97 Å². The minimum atomic E-state index is -0.770. The van der Waals surface area contributed by atoms with Gasteiger partial charge in [-0.25, -0.2) is 4.79 Å². The second-order valence-corrected chi connectivity index (χ2v) is 5.87. The van der Waals surface area contributed by atoms with Crippen LogP contribution in [0.5, 0.6) is 0 Å². The molecular weight excluding hydrogens is 248 g/mol. The van der Waals surface area contributed by atoms with Crippen LogP contribution in [0, 0.1) is 11.8 Å². The molecule has 108 valence electrons. The standard InChI is InChI=1S/C13H22N2O4/c1-15(7-8-4-11(16)5-8)13(19)14-10-3-2-9(6-10)12(17)18/h8-11,16H,2-7H2,1H3,(H,14,19)(H,17,18). The SMILES string of the molecule is CN(CC1CC(O)C1)C(=O)NC1CCC(C(=O)O)C1. The number of aliphatic hydroxyl groups excluding tert-OH is 1. The van der Waals surface area contributed by atoms with Gasteiger partial charge in [0.05, 0.1) is 12.0 Å². The van der Waals surface area contributed by atoms with Crippen LogP contribution in [0.2, 0.25) is 0 Å². The number of carbonyl (C=O) groups is 2. The molecule has 0 aromatic heterocycles. The van der Waals surface area contributed by atoms with Crippen LogP contribution in [0.25, 0.3) is 0 Å². The lowest BCUT2D eigenvalue weighted by atomic mass is 9.82. The van der Waals surface area contributed by atoms with Crippen LogP contribution in [0.4, 0.5) is 4.79 Å². The third-order valence-electron chi connectivity index (χ3n) is 4.20. The number of urea groups is 1. The summed E-state index contributed by atoms with van der Waals surface area (Å²) in [4.78, 5) is 24.4. The average Bonchev–Trinajstić information content (AvgIpc) is 2.75. The maximum Gasteiger partial charge on any atom is 0.317 e.